The molecule has 1 aliphatic heterocycles. The molecule has 3 nitrogen and oxygen atoms in total. The molecule has 2 aromatic carbocycles. The van der Waals surface area contributed by atoms with Gasteiger partial charge in [0.1, 0.15) is 0 Å². The number of carbonyl (C=O) groups excluding carboxylic acids is 1. The van der Waals surface area contributed by atoms with Crippen LogP contribution in [0.1, 0.15) is 15.9 Å². The van der Waals surface area contributed by atoms with Gasteiger partial charge in [-0.25, -0.2) is 0 Å². The molecule has 1 aliphatic rings. The van der Waals surface area contributed by atoms with Crippen molar-refractivity contribution >= 4 is 17.4 Å². The Bertz CT molecular complexity index is 722. The molecule has 130 valence electrons. The van der Waals surface area contributed by atoms with Crippen LogP contribution in [-0.4, -0.2) is 48.3 Å². The van der Waals surface area contributed by atoms with Crippen LogP contribution < -0.4 is 0 Å². The topological polar surface area (TPSA) is 23.6 Å². The molecule has 1 saturated heterocycles. The van der Waals surface area contributed by atoms with Crippen molar-refractivity contribution in [3.8, 4) is 0 Å². The van der Waals surface area contributed by atoms with Crippen molar-refractivity contribution in [2.75, 3.05) is 32.7 Å². The van der Waals surface area contributed by atoms with Gasteiger partial charge in [-0.15, -0.1) is 0 Å². The van der Waals surface area contributed by atoms with E-state index in [0.717, 1.165) is 39.1 Å². The van der Waals surface area contributed by atoms with Crippen LogP contribution in [0.4, 0.5) is 0 Å². The first-order valence-electron chi connectivity index (χ1n) is 8.70. The summed E-state index contributed by atoms with van der Waals surface area (Å²) in [7, 11) is 0. The number of halogens is 1. The molecule has 0 aromatic heterocycles. The van der Waals surface area contributed by atoms with Crippen LogP contribution >= 0.6 is 11.6 Å². The molecule has 2 aromatic rings. The Kier molecular flexibility index (Phi) is 6.26. The van der Waals surface area contributed by atoms with E-state index >= 15 is 0 Å². The molecule has 0 unspecified atom stereocenters. The van der Waals surface area contributed by atoms with Crippen LogP contribution in [0, 0.1) is 0 Å². The Hall–Kier alpha value is -2.10. The van der Waals surface area contributed by atoms with Gasteiger partial charge in [0.15, 0.2) is 5.78 Å². The first-order valence-corrected chi connectivity index (χ1v) is 9.07. The van der Waals surface area contributed by atoms with Gasteiger partial charge in [-0.3, -0.25) is 9.69 Å². The predicted molar refractivity (Wildman–Crippen MR) is 103 cm³/mol. The minimum Gasteiger partial charge on any atom is -0.375 e. The summed E-state index contributed by atoms with van der Waals surface area (Å²) in [5.41, 5.74) is 1.94. The van der Waals surface area contributed by atoms with Crippen LogP contribution in [-0.2, 0) is 6.42 Å². The molecule has 0 bridgehead atoms. The number of rotatable bonds is 6. The van der Waals surface area contributed by atoms with E-state index in [4.69, 9.17) is 11.6 Å². The van der Waals surface area contributed by atoms with E-state index in [2.05, 4.69) is 40.1 Å². The largest absolute Gasteiger partial charge is 0.375 e. The summed E-state index contributed by atoms with van der Waals surface area (Å²) < 4.78 is 0. The van der Waals surface area contributed by atoms with E-state index in [1.165, 1.54) is 5.56 Å². The van der Waals surface area contributed by atoms with Crippen LogP contribution in [0.25, 0.3) is 0 Å². The molecule has 0 atom stereocenters. The normalized spacial score (nSPS) is 15.6. The van der Waals surface area contributed by atoms with E-state index < -0.39 is 0 Å². The molecule has 0 N–H and O–H groups in total. The van der Waals surface area contributed by atoms with Crippen LogP contribution in [0.15, 0.2) is 66.9 Å². The number of piperazine rings is 1. The fourth-order valence-corrected chi connectivity index (χ4v) is 3.22. The van der Waals surface area contributed by atoms with Crippen molar-refractivity contribution in [2.45, 2.75) is 6.42 Å². The maximum atomic E-state index is 12.2. The third kappa shape index (κ3) is 5.18. The Morgan fingerprint density at radius 3 is 2.36 bits per heavy atom. The maximum absolute atomic E-state index is 12.2. The van der Waals surface area contributed by atoms with Gasteiger partial charge in [0.2, 0.25) is 0 Å². The van der Waals surface area contributed by atoms with Crippen molar-refractivity contribution in [1.29, 1.82) is 0 Å². The quantitative estimate of drug-likeness (QED) is 0.580. The van der Waals surface area contributed by atoms with Crippen molar-refractivity contribution in [3.63, 3.8) is 0 Å². The van der Waals surface area contributed by atoms with E-state index in [9.17, 15) is 4.79 Å². The minimum absolute atomic E-state index is 0.0443. The number of hydrogen-bond donors (Lipinski definition) is 0. The zero-order valence-electron chi connectivity index (χ0n) is 14.3. The predicted octanol–water partition coefficient (Wildman–Crippen LogP) is 3.90. The Morgan fingerprint density at radius 2 is 1.64 bits per heavy atom. The number of carbonyl (C=O) groups is 1. The number of benzene rings is 2. The summed E-state index contributed by atoms with van der Waals surface area (Å²) in [5.74, 6) is -0.0443. The lowest BCUT2D eigenvalue weighted by Crippen LogP contribution is -2.44. The molecule has 0 aliphatic carbocycles. The van der Waals surface area contributed by atoms with Gasteiger partial charge in [-0.2, -0.15) is 0 Å². The smallest absolute Gasteiger partial charge is 0.188 e. The fraction of sp³-hybridized carbons (Fsp3) is 0.286. The molecular formula is C21H23ClN2O. The third-order valence-electron chi connectivity index (χ3n) is 4.54. The number of nitrogens with zero attached hydrogens (tertiary/aromatic N) is 2. The summed E-state index contributed by atoms with van der Waals surface area (Å²) in [6, 6.07) is 17.8. The lowest BCUT2D eigenvalue weighted by atomic mass is 10.1. The monoisotopic (exact) mass is 354 g/mol. The van der Waals surface area contributed by atoms with Crippen molar-refractivity contribution in [1.82, 2.24) is 9.80 Å². The Balaban J connectivity index is 1.44. The highest BCUT2D eigenvalue weighted by Crippen LogP contribution is 2.16. The third-order valence-corrected chi connectivity index (χ3v) is 4.87. The molecule has 0 radical (unpaired) electrons. The molecule has 0 amide bonds. The van der Waals surface area contributed by atoms with Crippen LogP contribution in [0.3, 0.4) is 0 Å². The standard InChI is InChI=1S/C21H23ClN2O/c22-20-9-5-4-8-19(20)21(25)11-13-24-16-14-23(15-17-24)12-10-18-6-2-1-3-7-18/h1-9,11,13H,10,12,14-17H2/b13-11+. The molecule has 0 saturated carbocycles. The van der Waals surface area contributed by atoms with E-state index in [0.29, 0.717) is 10.6 Å². The van der Waals surface area contributed by atoms with Crippen LogP contribution in [0.2, 0.25) is 5.02 Å². The van der Waals surface area contributed by atoms with E-state index in [-0.39, 0.29) is 5.78 Å². The first kappa shape index (κ1) is 17.7. The second-order valence-corrected chi connectivity index (χ2v) is 6.68. The Morgan fingerprint density at radius 1 is 0.960 bits per heavy atom. The van der Waals surface area contributed by atoms with Gasteiger partial charge < -0.3 is 4.90 Å². The van der Waals surface area contributed by atoms with E-state index in [1.807, 2.05) is 18.3 Å². The second kappa shape index (κ2) is 8.84. The van der Waals surface area contributed by atoms with Gasteiger partial charge in [-0.1, -0.05) is 54.1 Å². The highest BCUT2D eigenvalue weighted by molar-refractivity contribution is 6.34. The Labute approximate surface area is 154 Å². The summed E-state index contributed by atoms with van der Waals surface area (Å²) in [6.07, 6.45) is 4.61. The molecule has 3 rings (SSSR count). The van der Waals surface area contributed by atoms with Gasteiger partial charge in [0, 0.05) is 50.6 Å². The van der Waals surface area contributed by atoms with Gasteiger partial charge in [-0.05, 0) is 24.1 Å². The zero-order valence-corrected chi connectivity index (χ0v) is 15.0. The minimum atomic E-state index is -0.0443. The van der Waals surface area contributed by atoms with Crippen molar-refractivity contribution < 1.29 is 4.79 Å². The average Bonchev–Trinajstić information content (AvgIpc) is 2.66. The second-order valence-electron chi connectivity index (χ2n) is 6.27. The molecule has 1 heterocycles. The molecule has 0 spiro atoms. The van der Waals surface area contributed by atoms with Gasteiger partial charge in [0.25, 0.3) is 0 Å². The zero-order chi connectivity index (χ0) is 17.5. The average molecular weight is 355 g/mol. The highest BCUT2D eigenvalue weighted by Gasteiger charge is 2.14. The first-order chi connectivity index (χ1) is 12.2. The van der Waals surface area contributed by atoms with Crippen molar-refractivity contribution in [2.24, 2.45) is 0 Å². The molecular weight excluding hydrogens is 332 g/mol. The lowest BCUT2D eigenvalue weighted by Gasteiger charge is -2.34. The molecule has 4 heteroatoms. The number of hydrogen-bond acceptors (Lipinski definition) is 3. The number of ketones is 1. The highest BCUT2D eigenvalue weighted by atomic mass is 35.5. The summed E-state index contributed by atoms with van der Waals surface area (Å²) in [4.78, 5) is 16.9. The summed E-state index contributed by atoms with van der Waals surface area (Å²) in [6.45, 7) is 5.03. The van der Waals surface area contributed by atoms with Crippen LogP contribution in [0.5, 0.6) is 0 Å². The van der Waals surface area contributed by atoms with E-state index in [1.54, 1.807) is 18.2 Å². The fourth-order valence-electron chi connectivity index (χ4n) is 2.99. The maximum Gasteiger partial charge on any atom is 0.188 e. The summed E-state index contributed by atoms with van der Waals surface area (Å²) in [5, 5.41) is 0.503. The summed E-state index contributed by atoms with van der Waals surface area (Å²) >= 11 is 6.07. The molecule has 1 fully saturated rings. The number of allylic oxidation sites excluding steroid dienone is 1. The van der Waals surface area contributed by atoms with Gasteiger partial charge >= 0.3 is 0 Å². The molecule has 25 heavy (non-hydrogen) atoms. The van der Waals surface area contributed by atoms with Crippen molar-refractivity contribution in [3.05, 3.63) is 83.0 Å². The van der Waals surface area contributed by atoms with Gasteiger partial charge in [0.05, 0.1) is 5.02 Å². The SMILES string of the molecule is O=C(/C=C/N1CCN(CCc2ccccc2)CC1)c1ccccc1Cl. The lowest BCUT2D eigenvalue weighted by molar-refractivity contribution is 0.104.